The summed E-state index contributed by atoms with van der Waals surface area (Å²) in [5.41, 5.74) is -2.26. The maximum absolute atomic E-state index is 14.9. The molecule has 0 fully saturated rings. The summed E-state index contributed by atoms with van der Waals surface area (Å²) in [5.74, 6) is -2.82. The monoisotopic (exact) mass is 487 g/mol. The first kappa shape index (κ1) is 23.9. The molecule has 0 bridgehead atoms. The number of rotatable bonds is 5. The standard InChI is InChI=1S/C24H18F5N5O/c1-33(2)30-13-14-7-8-19(17(25)9-14)31-23(35)21-12-22(24(27,28)29)32-34(21)20-11-16-6-4-3-5-15(16)10-18(20)26/h3-13H,1-2H3,(H,31,35). The van der Waals surface area contributed by atoms with Gasteiger partial charge in [-0.15, -0.1) is 0 Å². The topological polar surface area (TPSA) is 62.5 Å². The van der Waals surface area contributed by atoms with E-state index in [4.69, 9.17) is 0 Å². The summed E-state index contributed by atoms with van der Waals surface area (Å²) < 4.78 is 70.2. The molecule has 0 aliphatic carbocycles. The van der Waals surface area contributed by atoms with Crippen molar-refractivity contribution < 1.29 is 26.7 Å². The predicted molar refractivity (Wildman–Crippen MR) is 122 cm³/mol. The molecule has 11 heteroatoms. The lowest BCUT2D eigenvalue weighted by Crippen LogP contribution is -2.18. The first-order valence-electron chi connectivity index (χ1n) is 10.2. The number of nitrogens with one attached hydrogen (secondary N) is 1. The second-order valence-corrected chi connectivity index (χ2v) is 7.76. The van der Waals surface area contributed by atoms with E-state index >= 15 is 0 Å². The first-order valence-corrected chi connectivity index (χ1v) is 10.2. The van der Waals surface area contributed by atoms with Gasteiger partial charge in [-0.25, -0.2) is 13.5 Å². The van der Waals surface area contributed by atoms with E-state index in [1.807, 2.05) is 0 Å². The van der Waals surface area contributed by atoms with Crippen LogP contribution in [0.2, 0.25) is 0 Å². The molecule has 4 rings (SSSR count). The lowest BCUT2D eigenvalue weighted by molar-refractivity contribution is -0.141. The van der Waals surface area contributed by atoms with Gasteiger partial charge in [-0.05, 0) is 40.6 Å². The molecule has 0 spiro atoms. The van der Waals surface area contributed by atoms with E-state index in [0.717, 1.165) is 12.1 Å². The SMILES string of the molecule is CN(C)N=Cc1ccc(NC(=O)c2cc(C(F)(F)F)nn2-c2cc3ccccc3cc2F)c(F)c1. The Morgan fingerprint density at radius 1 is 1.00 bits per heavy atom. The summed E-state index contributed by atoms with van der Waals surface area (Å²) in [4.78, 5) is 12.9. The summed E-state index contributed by atoms with van der Waals surface area (Å²) in [5, 5.41) is 12.2. The van der Waals surface area contributed by atoms with E-state index in [1.54, 1.807) is 38.4 Å². The average Bonchev–Trinajstić information content (AvgIpc) is 3.25. The molecule has 1 aromatic heterocycles. The van der Waals surface area contributed by atoms with Gasteiger partial charge < -0.3 is 10.3 Å². The summed E-state index contributed by atoms with van der Waals surface area (Å²) in [6, 6.07) is 13.4. The second-order valence-electron chi connectivity index (χ2n) is 7.76. The van der Waals surface area contributed by atoms with Crippen LogP contribution in [0.4, 0.5) is 27.6 Å². The number of anilines is 1. The van der Waals surface area contributed by atoms with Gasteiger partial charge in [0.25, 0.3) is 5.91 Å². The molecule has 6 nitrogen and oxygen atoms in total. The minimum atomic E-state index is -4.90. The molecular weight excluding hydrogens is 469 g/mol. The molecule has 1 heterocycles. The summed E-state index contributed by atoms with van der Waals surface area (Å²) in [6.45, 7) is 0. The van der Waals surface area contributed by atoms with Crippen molar-refractivity contribution in [1.82, 2.24) is 14.8 Å². The van der Waals surface area contributed by atoms with Gasteiger partial charge in [0.2, 0.25) is 0 Å². The van der Waals surface area contributed by atoms with E-state index in [-0.39, 0.29) is 11.4 Å². The smallest absolute Gasteiger partial charge is 0.318 e. The van der Waals surface area contributed by atoms with E-state index in [0.29, 0.717) is 27.1 Å². The Hall–Kier alpha value is -4.28. The van der Waals surface area contributed by atoms with E-state index in [1.165, 1.54) is 29.4 Å². The van der Waals surface area contributed by atoms with Gasteiger partial charge in [0.05, 0.1) is 11.9 Å². The number of fused-ring (bicyclic) bond motifs is 1. The molecule has 3 aromatic carbocycles. The fraction of sp³-hybridized carbons (Fsp3) is 0.125. The minimum absolute atomic E-state index is 0.280. The van der Waals surface area contributed by atoms with Gasteiger partial charge in [0.1, 0.15) is 23.0 Å². The number of hydrogen-bond donors (Lipinski definition) is 1. The Kier molecular flexibility index (Phi) is 6.25. The van der Waals surface area contributed by atoms with Crippen molar-refractivity contribution in [3.05, 3.63) is 89.2 Å². The zero-order valence-corrected chi connectivity index (χ0v) is 18.4. The van der Waals surface area contributed by atoms with Gasteiger partial charge in [-0.1, -0.05) is 30.3 Å². The zero-order valence-electron chi connectivity index (χ0n) is 18.4. The molecule has 0 unspecified atom stereocenters. The number of hydrazone groups is 1. The van der Waals surface area contributed by atoms with Crippen LogP contribution < -0.4 is 5.32 Å². The Morgan fingerprint density at radius 3 is 2.31 bits per heavy atom. The van der Waals surface area contributed by atoms with Crippen molar-refractivity contribution in [2.45, 2.75) is 6.18 Å². The maximum Gasteiger partial charge on any atom is 0.435 e. The fourth-order valence-corrected chi connectivity index (χ4v) is 3.31. The lowest BCUT2D eigenvalue weighted by Gasteiger charge is -2.11. The number of alkyl halides is 3. The van der Waals surface area contributed by atoms with Crippen LogP contribution in [0.25, 0.3) is 16.5 Å². The van der Waals surface area contributed by atoms with Crippen LogP contribution >= 0.6 is 0 Å². The predicted octanol–water partition coefficient (Wildman–Crippen LogP) is 5.47. The first-order chi connectivity index (χ1) is 16.5. The number of benzene rings is 3. The van der Waals surface area contributed by atoms with Gasteiger partial charge in [0.15, 0.2) is 5.69 Å². The Morgan fingerprint density at radius 2 is 1.69 bits per heavy atom. The molecule has 180 valence electrons. The molecule has 0 atom stereocenters. The van der Waals surface area contributed by atoms with E-state index in [2.05, 4.69) is 15.5 Å². The Labute approximate surface area is 196 Å². The Balaban J connectivity index is 1.74. The van der Waals surface area contributed by atoms with Crippen LogP contribution in [-0.4, -0.2) is 41.0 Å². The molecule has 0 saturated carbocycles. The van der Waals surface area contributed by atoms with Crippen molar-refractivity contribution in [1.29, 1.82) is 0 Å². The highest BCUT2D eigenvalue weighted by atomic mass is 19.4. The second kappa shape index (κ2) is 9.16. The van der Waals surface area contributed by atoms with Crippen LogP contribution in [0, 0.1) is 11.6 Å². The molecule has 4 aromatic rings. The lowest BCUT2D eigenvalue weighted by atomic mass is 10.1. The highest BCUT2D eigenvalue weighted by molar-refractivity contribution is 6.04. The summed E-state index contributed by atoms with van der Waals surface area (Å²) in [7, 11) is 3.36. The van der Waals surface area contributed by atoms with Crippen LogP contribution in [0.1, 0.15) is 21.7 Å². The third kappa shape index (κ3) is 5.13. The molecular formula is C24H18F5N5O. The zero-order chi connectivity index (χ0) is 25.3. The summed E-state index contributed by atoms with van der Waals surface area (Å²) in [6.07, 6.45) is -3.51. The van der Waals surface area contributed by atoms with Crippen molar-refractivity contribution in [2.24, 2.45) is 5.10 Å². The number of hydrogen-bond acceptors (Lipinski definition) is 4. The van der Waals surface area contributed by atoms with E-state index < -0.39 is 35.1 Å². The van der Waals surface area contributed by atoms with Gasteiger partial charge in [0, 0.05) is 20.2 Å². The van der Waals surface area contributed by atoms with Crippen molar-refractivity contribution in [3.63, 3.8) is 0 Å². The highest BCUT2D eigenvalue weighted by Crippen LogP contribution is 2.31. The minimum Gasteiger partial charge on any atom is -0.318 e. The molecule has 0 aliphatic heterocycles. The normalized spacial score (nSPS) is 11.9. The van der Waals surface area contributed by atoms with Crippen molar-refractivity contribution >= 4 is 28.6 Å². The van der Waals surface area contributed by atoms with Gasteiger partial charge in [-0.2, -0.15) is 23.4 Å². The van der Waals surface area contributed by atoms with Crippen LogP contribution in [-0.2, 0) is 6.18 Å². The number of halogens is 5. The highest BCUT2D eigenvalue weighted by Gasteiger charge is 2.36. The third-order valence-corrected chi connectivity index (χ3v) is 4.95. The van der Waals surface area contributed by atoms with Gasteiger partial charge in [-0.3, -0.25) is 4.79 Å². The summed E-state index contributed by atoms with van der Waals surface area (Å²) >= 11 is 0. The number of carbonyl (C=O) groups excluding carboxylic acids is 1. The number of nitrogens with zero attached hydrogens (tertiary/aromatic N) is 4. The van der Waals surface area contributed by atoms with Crippen LogP contribution in [0.5, 0.6) is 0 Å². The largest absolute Gasteiger partial charge is 0.435 e. The maximum atomic E-state index is 14.9. The van der Waals surface area contributed by atoms with Crippen LogP contribution in [0.15, 0.2) is 65.8 Å². The number of aromatic nitrogens is 2. The van der Waals surface area contributed by atoms with E-state index in [9.17, 15) is 26.7 Å². The molecule has 1 N–H and O–H groups in total. The van der Waals surface area contributed by atoms with Crippen molar-refractivity contribution in [2.75, 3.05) is 19.4 Å². The number of amides is 1. The van der Waals surface area contributed by atoms with Crippen LogP contribution in [0.3, 0.4) is 0 Å². The quantitative estimate of drug-likeness (QED) is 0.231. The molecule has 0 radical (unpaired) electrons. The fourth-order valence-electron chi connectivity index (χ4n) is 3.31. The van der Waals surface area contributed by atoms with Gasteiger partial charge >= 0.3 is 6.18 Å². The molecule has 35 heavy (non-hydrogen) atoms. The average molecular weight is 487 g/mol. The van der Waals surface area contributed by atoms with Crippen molar-refractivity contribution in [3.8, 4) is 5.69 Å². The third-order valence-electron chi connectivity index (χ3n) is 4.95. The molecule has 0 saturated heterocycles. The molecule has 0 aliphatic rings. The Bertz CT molecular complexity index is 1440. The number of carbonyl (C=O) groups is 1. The molecule has 1 amide bonds.